The van der Waals surface area contributed by atoms with Crippen molar-refractivity contribution in [1.29, 1.82) is 5.26 Å². The van der Waals surface area contributed by atoms with E-state index in [1.807, 2.05) is 0 Å². The molecule has 1 aromatic rings. The summed E-state index contributed by atoms with van der Waals surface area (Å²) in [6.45, 7) is 3.64. The highest BCUT2D eigenvalue weighted by Gasteiger charge is 2.24. The van der Waals surface area contributed by atoms with Crippen molar-refractivity contribution in [3.05, 3.63) is 16.0 Å². The Labute approximate surface area is 126 Å². The van der Waals surface area contributed by atoms with E-state index < -0.39 is 0 Å². The molecule has 1 amide bonds. The third kappa shape index (κ3) is 3.41. The standard InChI is InChI=1S/C14H16N2O2S2/c1-8-3-4-10-11(6-15)14(20-12(10)5-8)16-13(18)7-19-9(2)17/h8H,3-5,7H2,1-2H3,(H,16,18). The number of hydrogen-bond donors (Lipinski definition) is 1. The monoisotopic (exact) mass is 308 g/mol. The van der Waals surface area contributed by atoms with Gasteiger partial charge in [0.2, 0.25) is 5.91 Å². The van der Waals surface area contributed by atoms with Gasteiger partial charge < -0.3 is 5.32 Å². The van der Waals surface area contributed by atoms with E-state index in [1.54, 1.807) is 0 Å². The molecule has 2 rings (SSSR count). The van der Waals surface area contributed by atoms with E-state index in [4.69, 9.17) is 0 Å². The number of carbonyl (C=O) groups is 2. The van der Waals surface area contributed by atoms with Crippen LogP contribution in [0, 0.1) is 17.2 Å². The molecule has 0 saturated heterocycles. The number of anilines is 1. The van der Waals surface area contributed by atoms with Crippen molar-refractivity contribution in [1.82, 2.24) is 0 Å². The van der Waals surface area contributed by atoms with Gasteiger partial charge in [0, 0.05) is 11.8 Å². The lowest BCUT2D eigenvalue weighted by Crippen LogP contribution is -2.14. The minimum Gasteiger partial charge on any atom is -0.316 e. The molecule has 1 heterocycles. The van der Waals surface area contributed by atoms with Crippen molar-refractivity contribution in [2.45, 2.75) is 33.1 Å². The quantitative estimate of drug-likeness (QED) is 0.932. The number of hydrogen-bond acceptors (Lipinski definition) is 5. The summed E-state index contributed by atoms with van der Waals surface area (Å²) in [5, 5.41) is 12.6. The summed E-state index contributed by atoms with van der Waals surface area (Å²) in [7, 11) is 0. The molecule has 0 spiro atoms. The second-order valence-corrected chi connectivity index (χ2v) is 7.25. The first-order valence-corrected chi connectivity index (χ1v) is 8.29. The minimum absolute atomic E-state index is 0.0834. The molecule has 0 saturated carbocycles. The SMILES string of the molecule is CC(=O)SCC(=O)Nc1sc2c(c1C#N)CCC(C)C2. The van der Waals surface area contributed by atoms with E-state index >= 15 is 0 Å². The summed E-state index contributed by atoms with van der Waals surface area (Å²) < 4.78 is 0. The predicted octanol–water partition coefficient (Wildman–Crippen LogP) is 2.96. The number of thiophene rings is 1. The van der Waals surface area contributed by atoms with Crippen molar-refractivity contribution >= 4 is 39.1 Å². The van der Waals surface area contributed by atoms with Crippen LogP contribution >= 0.6 is 23.1 Å². The molecular formula is C14H16N2O2S2. The first kappa shape index (κ1) is 15.1. The van der Waals surface area contributed by atoms with Gasteiger partial charge in [-0.1, -0.05) is 18.7 Å². The van der Waals surface area contributed by atoms with Crippen LogP contribution in [0.15, 0.2) is 0 Å². The van der Waals surface area contributed by atoms with Crippen molar-refractivity contribution in [2.75, 3.05) is 11.1 Å². The Morgan fingerprint density at radius 3 is 2.95 bits per heavy atom. The Kier molecular flexibility index (Phi) is 4.84. The van der Waals surface area contributed by atoms with Gasteiger partial charge in [-0.2, -0.15) is 5.26 Å². The Morgan fingerprint density at radius 2 is 2.30 bits per heavy atom. The molecule has 1 unspecified atom stereocenters. The van der Waals surface area contributed by atoms with Crippen LogP contribution in [-0.4, -0.2) is 16.8 Å². The molecular weight excluding hydrogens is 292 g/mol. The molecule has 1 aliphatic rings. The lowest BCUT2D eigenvalue weighted by molar-refractivity contribution is -0.114. The predicted molar refractivity (Wildman–Crippen MR) is 82.0 cm³/mol. The molecule has 0 aromatic carbocycles. The van der Waals surface area contributed by atoms with Gasteiger partial charge in [0.1, 0.15) is 11.1 Å². The van der Waals surface area contributed by atoms with Crippen LogP contribution in [0.5, 0.6) is 0 Å². The number of thioether (sulfide) groups is 1. The maximum absolute atomic E-state index is 11.8. The first-order valence-electron chi connectivity index (χ1n) is 6.49. The Morgan fingerprint density at radius 1 is 1.55 bits per heavy atom. The third-order valence-corrected chi connectivity index (χ3v) is 5.27. The number of nitriles is 1. The fourth-order valence-electron chi connectivity index (χ4n) is 2.29. The largest absolute Gasteiger partial charge is 0.316 e. The summed E-state index contributed by atoms with van der Waals surface area (Å²) in [5.41, 5.74) is 1.71. The average molecular weight is 308 g/mol. The Balaban J connectivity index is 2.14. The first-order chi connectivity index (χ1) is 9.51. The Hall–Kier alpha value is -1.32. The zero-order valence-electron chi connectivity index (χ0n) is 11.5. The van der Waals surface area contributed by atoms with Crippen LogP contribution in [0.3, 0.4) is 0 Å². The van der Waals surface area contributed by atoms with Crippen LogP contribution in [0.1, 0.15) is 36.3 Å². The van der Waals surface area contributed by atoms with Gasteiger partial charge in [-0.25, -0.2) is 0 Å². The lowest BCUT2D eigenvalue weighted by Gasteiger charge is -2.17. The van der Waals surface area contributed by atoms with E-state index in [9.17, 15) is 14.9 Å². The zero-order valence-corrected chi connectivity index (χ0v) is 13.1. The number of rotatable bonds is 3. The summed E-state index contributed by atoms with van der Waals surface area (Å²) in [4.78, 5) is 23.8. The topological polar surface area (TPSA) is 70.0 Å². The molecule has 0 bridgehead atoms. The van der Waals surface area contributed by atoms with Crippen molar-refractivity contribution in [2.24, 2.45) is 5.92 Å². The molecule has 1 atom stereocenters. The summed E-state index contributed by atoms with van der Waals surface area (Å²) in [5.74, 6) is 0.497. The number of carbonyl (C=O) groups excluding carboxylic acids is 2. The molecule has 6 heteroatoms. The molecule has 0 radical (unpaired) electrons. The number of fused-ring (bicyclic) bond motifs is 1. The van der Waals surface area contributed by atoms with Crippen molar-refractivity contribution in [3.8, 4) is 6.07 Å². The molecule has 0 aliphatic heterocycles. The van der Waals surface area contributed by atoms with Gasteiger partial charge in [0.05, 0.1) is 11.3 Å². The van der Waals surface area contributed by atoms with Crippen LogP contribution < -0.4 is 5.32 Å². The second kappa shape index (κ2) is 6.42. The van der Waals surface area contributed by atoms with Gasteiger partial charge >= 0.3 is 0 Å². The summed E-state index contributed by atoms with van der Waals surface area (Å²) >= 11 is 2.48. The van der Waals surface area contributed by atoms with Crippen LogP contribution in [-0.2, 0) is 22.4 Å². The smallest absolute Gasteiger partial charge is 0.235 e. The molecule has 106 valence electrons. The highest BCUT2D eigenvalue weighted by atomic mass is 32.2. The highest BCUT2D eigenvalue weighted by Crippen LogP contribution is 2.39. The molecule has 4 nitrogen and oxygen atoms in total. The number of amides is 1. The van der Waals surface area contributed by atoms with Gasteiger partial charge in [0.15, 0.2) is 5.12 Å². The maximum Gasteiger partial charge on any atom is 0.235 e. The van der Waals surface area contributed by atoms with Crippen molar-refractivity contribution < 1.29 is 9.59 Å². The zero-order chi connectivity index (χ0) is 14.7. The van der Waals surface area contributed by atoms with Crippen molar-refractivity contribution in [3.63, 3.8) is 0 Å². The van der Waals surface area contributed by atoms with E-state index in [0.717, 1.165) is 36.6 Å². The van der Waals surface area contributed by atoms with Gasteiger partial charge in [-0.15, -0.1) is 11.3 Å². The van der Waals surface area contributed by atoms with Gasteiger partial charge in [-0.05, 0) is 30.7 Å². The fraction of sp³-hybridized carbons (Fsp3) is 0.500. The van der Waals surface area contributed by atoms with Crippen LogP contribution in [0.4, 0.5) is 5.00 Å². The molecule has 20 heavy (non-hydrogen) atoms. The summed E-state index contributed by atoms with van der Waals surface area (Å²) in [6, 6.07) is 2.21. The van der Waals surface area contributed by atoms with E-state index in [1.165, 1.54) is 23.1 Å². The third-order valence-electron chi connectivity index (χ3n) is 3.28. The van der Waals surface area contributed by atoms with E-state index in [0.29, 0.717) is 16.5 Å². The van der Waals surface area contributed by atoms with E-state index in [2.05, 4.69) is 18.3 Å². The van der Waals surface area contributed by atoms with Crippen LogP contribution in [0.25, 0.3) is 0 Å². The molecule has 0 fully saturated rings. The number of nitrogens with zero attached hydrogens (tertiary/aromatic N) is 1. The minimum atomic E-state index is -0.228. The number of nitrogens with one attached hydrogen (secondary N) is 1. The molecule has 1 N–H and O–H groups in total. The molecule has 1 aromatic heterocycles. The normalized spacial score (nSPS) is 17.1. The highest BCUT2D eigenvalue weighted by molar-refractivity contribution is 8.14. The second-order valence-electron chi connectivity index (χ2n) is 5.00. The molecule has 1 aliphatic carbocycles. The summed E-state index contributed by atoms with van der Waals surface area (Å²) in [6.07, 6.45) is 2.98. The fourth-order valence-corrected chi connectivity index (χ4v) is 4.07. The maximum atomic E-state index is 11.8. The van der Waals surface area contributed by atoms with Gasteiger partial charge in [0.25, 0.3) is 0 Å². The van der Waals surface area contributed by atoms with E-state index in [-0.39, 0.29) is 16.8 Å². The average Bonchev–Trinajstić information content (AvgIpc) is 2.72. The van der Waals surface area contributed by atoms with Crippen LogP contribution in [0.2, 0.25) is 0 Å². The van der Waals surface area contributed by atoms with Gasteiger partial charge in [-0.3, -0.25) is 9.59 Å². The lowest BCUT2D eigenvalue weighted by atomic mass is 9.89. The Bertz CT molecular complexity index is 587.